The first kappa shape index (κ1) is 14.1. The standard InChI is InChI=1S/C17H29N3/c1-20-11-10-19-17(20)9-8-16(18)15-7-6-13-4-2-3-5-14(13)12-15/h10-11,13-16H,2-9,12,18H2,1H3. The van der Waals surface area contributed by atoms with Crippen LogP contribution in [0.3, 0.4) is 0 Å². The fourth-order valence-electron chi connectivity index (χ4n) is 4.47. The maximum atomic E-state index is 6.50. The average Bonchev–Trinajstić information content (AvgIpc) is 2.89. The molecular weight excluding hydrogens is 246 g/mol. The van der Waals surface area contributed by atoms with Crippen LogP contribution in [0.1, 0.15) is 57.2 Å². The van der Waals surface area contributed by atoms with Crippen LogP contribution in [0.5, 0.6) is 0 Å². The van der Waals surface area contributed by atoms with E-state index in [-0.39, 0.29) is 0 Å². The lowest BCUT2D eigenvalue weighted by Gasteiger charge is -2.41. The zero-order chi connectivity index (χ0) is 13.9. The maximum absolute atomic E-state index is 6.50. The minimum Gasteiger partial charge on any atom is -0.338 e. The van der Waals surface area contributed by atoms with Crippen LogP contribution in [-0.4, -0.2) is 15.6 Å². The second kappa shape index (κ2) is 6.30. The molecule has 2 aliphatic carbocycles. The van der Waals surface area contributed by atoms with Crippen LogP contribution in [0.25, 0.3) is 0 Å². The predicted molar refractivity (Wildman–Crippen MR) is 82.3 cm³/mol. The van der Waals surface area contributed by atoms with Crippen LogP contribution in [0, 0.1) is 17.8 Å². The molecule has 2 fully saturated rings. The van der Waals surface area contributed by atoms with Crippen molar-refractivity contribution in [2.24, 2.45) is 30.5 Å². The van der Waals surface area contributed by atoms with Crippen molar-refractivity contribution in [2.45, 2.75) is 63.8 Å². The normalized spacial score (nSPS) is 31.8. The molecule has 2 N–H and O–H groups in total. The number of aromatic nitrogens is 2. The summed E-state index contributed by atoms with van der Waals surface area (Å²) in [4.78, 5) is 4.41. The molecule has 4 atom stereocenters. The Hall–Kier alpha value is -0.830. The van der Waals surface area contributed by atoms with Gasteiger partial charge in [0.2, 0.25) is 0 Å². The van der Waals surface area contributed by atoms with Crippen LogP contribution in [0.2, 0.25) is 0 Å². The smallest absolute Gasteiger partial charge is 0.108 e. The molecule has 3 heteroatoms. The van der Waals surface area contributed by atoms with Gasteiger partial charge in [-0.25, -0.2) is 4.98 Å². The molecule has 2 aliphatic rings. The molecule has 0 aliphatic heterocycles. The topological polar surface area (TPSA) is 43.8 Å². The highest BCUT2D eigenvalue weighted by Crippen LogP contribution is 2.43. The second-order valence-corrected chi connectivity index (χ2v) is 7.03. The fraction of sp³-hybridized carbons (Fsp3) is 0.824. The number of imidazole rings is 1. The Kier molecular flexibility index (Phi) is 4.45. The van der Waals surface area contributed by atoms with Crippen molar-refractivity contribution < 1.29 is 0 Å². The summed E-state index contributed by atoms with van der Waals surface area (Å²) < 4.78 is 2.12. The van der Waals surface area contributed by atoms with E-state index in [2.05, 4.69) is 16.6 Å². The Morgan fingerprint density at radius 1 is 1.25 bits per heavy atom. The van der Waals surface area contributed by atoms with E-state index >= 15 is 0 Å². The summed E-state index contributed by atoms with van der Waals surface area (Å²) in [5.41, 5.74) is 6.50. The van der Waals surface area contributed by atoms with E-state index in [0.717, 1.165) is 30.6 Å². The van der Waals surface area contributed by atoms with Gasteiger partial charge >= 0.3 is 0 Å². The summed E-state index contributed by atoms with van der Waals surface area (Å²) in [7, 11) is 2.07. The van der Waals surface area contributed by atoms with E-state index in [0.29, 0.717) is 6.04 Å². The Morgan fingerprint density at radius 2 is 2.05 bits per heavy atom. The number of rotatable bonds is 4. The number of aryl methyl sites for hydroxylation is 2. The summed E-state index contributed by atoms with van der Waals surface area (Å²) in [6.07, 6.45) is 16.1. The maximum Gasteiger partial charge on any atom is 0.108 e. The van der Waals surface area contributed by atoms with Gasteiger partial charge in [-0.2, -0.15) is 0 Å². The largest absolute Gasteiger partial charge is 0.338 e. The van der Waals surface area contributed by atoms with Crippen LogP contribution >= 0.6 is 0 Å². The van der Waals surface area contributed by atoms with E-state index < -0.39 is 0 Å². The molecule has 1 heterocycles. The number of hydrogen-bond acceptors (Lipinski definition) is 2. The minimum atomic E-state index is 0.370. The van der Waals surface area contributed by atoms with E-state index in [1.54, 1.807) is 0 Å². The zero-order valence-electron chi connectivity index (χ0n) is 12.8. The van der Waals surface area contributed by atoms with Crippen molar-refractivity contribution in [3.05, 3.63) is 18.2 Å². The predicted octanol–water partition coefficient (Wildman–Crippen LogP) is 3.29. The zero-order valence-corrected chi connectivity index (χ0v) is 12.8. The third kappa shape index (κ3) is 3.08. The summed E-state index contributed by atoms with van der Waals surface area (Å²) >= 11 is 0. The highest BCUT2D eigenvalue weighted by Gasteiger charge is 2.34. The molecule has 20 heavy (non-hydrogen) atoms. The molecule has 0 spiro atoms. The molecule has 0 amide bonds. The fourth-order valence-corrected chi connectivity index (χ4v) is 4.47. The molecule has 1 aromatic rings. The summed E-state index contributed by atoms with van der Waals surface area (Å²) in [5.74, 6) is 3.95. The van der Waals surface area contributed by atoms with Crippen molar-refractivity contribution in [3.63, 3.8) is 0 Å². The quantitative estimate of drug-likeness (QED) is 0.916. The molecule has 4 unspecified atom stereocenters. The van der Waals surface area contributed by atoms with Crippen LogP contribution in [-0.2, 0) is 13.5 Å². The van der Waals surface area contributed by atoms with E-state index in [9.17, 15) is 0 Å². The SMILES string of the molecule is Cn1ccnc1CCC(N)C1CCC2CCCCC2C1. The first-order valence-electron chi connectivity index (χ1n) is 8.46. The molecule has 0 bridgehead atoms. The van der Waals surface area contributed by atoms with Crippen LogP contribution in [0.15, 0.2) is 12.4 Å². The number of nitrogens with zero attached hydrogens (tertiary/aromatic N) is 2. The van der Waals surface area contributed by atoms with Crippen molar-refractivity contribution in [1.82, 2.24) is 9.55 Å². The van der Waals surface area contributed by atoms with Crippen molar-refractivity contribution in [3.8, 4) is 0 Å². The molecule has 3 rings (SSSR count). The van der Waals surface area contributed by atoms with Gasteiger partial charge in [-0.15, -0.1) is 0 Å². The first-order valence-corrected chi connectivity index (χ1v) is 8.46. The monoisotopic (exact) mass is 275 g/mol. The number of fused-ring (bicyclic) bond motifs is 1. The highest BCUT2D eigenvalue weighted by molar-refractivity contribution is 4.93. The van der Waals surface area contributed by atoms with Gasteiger partial charge in [0, 0.05) is 31.9 Å². The summed E-state index contributed by atoms with van der Waals surface area (Å²) in [5, 5.41) is 0. The van der Waals surface area contributed by atoms with Crippen LogP contribution in [0.4, 0.5) is 0 Å². The van der Waals surface area contributed by atoms with Gasteiger partial charge in [0.15, 0.2) is 0 Å². The minimum absolute atomic E-state index is 0.370. The lowest BCUT2D eigenvalue weighted by atomic mass is 9.66. The molecule has 0 radical (unpaired) electrons. The Morgan fingerprint density at radius 3 is 2.80 bits per heavy atom. The summed E-state index contributed by atoms with van der Waals surface area (Å²) in [6.45, 7) is 0. The van der Waals surface area contributed by atoms with Crippen molar-refractivity contribution in [2.75, 3.05) is 0 Å². The van der Waals surface area contributed by atoms with Gasteiger partial charge in [0.05, 0.1) is 0 Å². The van der Waals surface area contributed by atoms with Gasteiger partial charge in [-0.3, -0.25) is 0 Å². The average molecular weight is 275 g/mol. The van der Waals surface area contributed by atoms with Gasteiger partial charge in [-0.05, 0) is 43.4 Å². The van der Waals surface area contributed by atoms with Gasteiger partial charge < -0.3 is 10.3 Å². The molecule has 3 nitrogen and oxygen atoms in total. The molecule has 112 valence electrons. The Bertz CT molecular complexity index is 426. The van der Waals surface area contributed by atoms with Gasteiger partial charge in [-0.1, -0.05) is 25.7 Å². The van der Waals surface area contributed by atoms with E-state index in [1.807, 2.05) is 12.4 Å². The lowest BCUT2D eigenvalue weighted by Crippen LogP contribution is -2.38. The van der Waals surface area contributed by atoms with E-state index in [1.165, 1.54) is 50.8 Å². The molecule has 1 aromatic heterocycles. The molecular formula is C17H29N3. The summed E-state index contributed by atoms with van der Waals surface area (Å²) in [6, 6.07) is 0.370. The molecule has 2 saturated carbocycles. The molecule has 0 aromatic carbocycles. The second-order valence-electron chi connectivity index (χ2n) is 7.03. The van der Waals surface area contributed by atoms with Crippen molar-refractivity contribution >= 4 is 0 Å². The third-order valence-electron chi connectivity index (χ3n) is 5.81. The highest BCUT2D eigenvalue weighted by atomic mass is 15.0. The van der Waals surface area contributed by atoms with E-state index in [4.69, 9.17) is 5.73 Å². The van der Waals surface area contributed by atoms with Gasteiger partial charge in [0.1, 0.15) is 5.82 Å². The van der Waals surface area contributed by atoms with Crippen molar-refractivity contribution in [1.29, 1.82) is 0 Å². The third-order valence-corrected chi connectivity index (χ3v) is 5.81. The first-order chi connectivity index (χ1) is 9.74. The Labute approximate surface area is 123 Å². The lowest BCUT2D eigenvalue weighted by molar-refractivity contribution is 0.115. The van der Waals surface area contributed by atoms with Gasteiger partial charge in [0.25, 0.3) is 0 Å². The Balaban J connectivity index is 1.50. The number of hydrogen-bond donors (Lipinski definition) is 1. The number of nitrogens with two attached hydrogens (primary N) is 1. The van der Waals surface area contributed by atoms with Crippen LogP contribution < -0.4 is 5.73 Å². The molecule has 0 saturated heterocycles.